The lowest BCUT2D eigenvalue weighted by atomic mass is 10.2. The van der Waals surface area contributed by atoms with Gasteiger partial charge in [-0.1, -0.05) is 30.3 Å². The van der Waals surface area contributed by atoms with Gasteiger partial charge >= 0.3 is 5.69 Å². The van der Waals surface area contributed by atoms with Crippen LogP contribution in [0.1, 0.15) is 5.56 Å². The normalized spacial score (nSPS) is 11.0. The van der Waals surface area contributed by atoms with E-state index in [-0.39, 0.29) is 18.0 Å². The summed E-state index contributed by atoms with van der Waals surface area (Å²) in [6.07, 6.45) is 3.45. The van der Waals surface area contributed by atoms with E-state index in [0.29, 0.717) is 0 Å². The number of nitrogens with one attached hydrogen (secondary N) is 1. The van der Waals surface area contributed by atoms with Gasteiger partial charge in [0.05, 0.1) is 11.1 Å². The fourth-order valence-corrected chi connectivity index (χ4v) is 2.56. The van der Waals surface area contributed by atoms with Crippen molar-refractivity contribution < 1.29 is 14.5 Å². The summed E-state index contributed by atoms with van der Waals surface area (Å²) in [4.78, 5) is 22.2. The predicted molar refractivity (Wildman–Crippen MR) is 97.2 cm³/mol. The molecule has 2 aromatic carbocycles. The number of fused-ring (bicyclic) bond motifs is 1. The molecule has 0 aliphatic heterocycles. The molecule has 0 spiro atoms. The molecule has 0 aliphatic rings. The summed E-state index contributed by atoms with van der Waals surface area (Å²) in [5.74, 6) is -0.481. The number of amides is 1. The molecule has 8 heteroatoms. The molecule has 1 amide bonds. The molecule has 0 aliphatic carbocycles. The zero-order valence-corrected chi connectivity index (χ0v) is 14.0. The van der Waals surface area contributed by atoms with Crippen molar-refractivity contribution in [1.82, 2.24) is 9.99 Å². The van der Waals surface area contributed by atoms with Crippen LogP contribution in [0, 0.1) is 10.1 Å². The number of para-hydroxylation sites is 3. The van der Waals surface area contributed by atoms with Gasteiger partial charge in [0.15, 0.2) is 12.4 Å². The maximum absolute atomic E-state index is 11.8. The Bertz CT molecular complexity index is 994. The van der Waals surface area contributed by atoms with Crippen LogP contribution in [0.3, 0.4) is 0 Å². The highest BCUT2D eigenvalue weighted by molar-refractivity contribution is 5.99. The van der Waals surface area contributed by atoms with Gasteiger partial charge in [0.25, 0.3) is 5.91 Å². The van der Waals surface area contributed by atoms with Crippen LogP contribution in [-0.2, 0) is 11.8 Å². The van der Waals surface area contributed by atoms with E-state index >= 15 is 0 Å². The van der Waals surface area contributed by atoms with Gasteiger partial charge in [0.1, 0.15) is 0 Å². The number of nitro benzene ring substituents is 1. The molecule has 1 heterocycles. The lowest BCUT2D eigenvalue weighted by Gasteiger charge is -2.05. The second kappa shape index (κ2) is 7.47. The van der Waals surface area contributed by atoms with E-state index in [1.54, 1.807) is 12.3 Å². The van der Waals surface area contributed by atoms with E-state index in [4.69, 9.17) is 4.74 Å². The topological polar surface area (TPSA) is 98.8 Å². The maximum atomic E-state index is 11.8. The van der Waals surface area contributed by atoms with E-state index in [1.807, 2.05) is 42.1 Å². The molecule has 0 saturated carbocycles. The Morgan fingerprint density at radius 2 is 2.00 bits per heavy atom. The first-order valence-electron chi connectivity index (χ1n) is 7.78. The van der Waals surface area contributed by atoms with E-state index in [1.165, 1.54) is 18.2 Å². The number of aryl methyl sites for hydroxylation is 1. The highest BCUT2D eigenvalue weighted by Crippen LogP contribution is 2.25. The van der Waals surface area contributed by atoms with Crippen molar-refractivity contribution in [1.29, 1.82) is 0 Å². The summed E-state index contributed by atoms with van der Waals surface area (Å²) < 4.78 is 7.17. The molecule has 0 radical (unpaired) electrons. The lowest BCUT2D eigenvalue weighted by Crippen LogP contribution is -2.24. The van der Waals surface area contributed by atoms with Crippen LogP contribution in [0.4, 0.5) is 5.69 Å². The highest BCUT2D eigenvalue weighted by atomic mass is 16.6. The fraction of sp³-hybridized carbons (Fsp3) is 0.111. The number of carbonyl (C=O) groups excluding carboxylic acids is 1. The number of hydrazone groups is 1. The fourth-order valence-electron chi connectivity index (χ4n) is 2.56. The van der Waals surface area contributed by atoms with Gasteiger partial charge < -0.3 is 9.30 Å². The van der Waals surface area contributed by atoms with Gasteiger partial charge in [-0.3, -0.25) is 14.9 Å². The molecule has 0 atom stereocenters. The van der Waals surface area contributed by atoms with Crippen LogP contribution < -0.4 is 10.2 Å². The van der Waals surface area contributed by atoms with Crippen LogP contribution in [-0.4, -0.2) is 28.2 Å². The number of carbonyl (C=O) groups is 1. The lowest BCUT2D eigenvalue weighted by molar-refractivity contribution is -0.385. The minimum atomic E-state index is -0.564. The number of rotatable bonds is 6. The van der Waals surface area contributed by atoms with Crippen molar-refractivity contribution in [2.45, 2.75) is 0 Å². The Morgan fingerprint density at radius 1 is 1.27 bits per heavy atom. The molecule has 8 nitrogen and oxygen atoms in total. The van der Waals surface area contributed by atoms with Gasteiger partial charge in [0.2, 0.25) is 0 Å². The van der Waals surface area contributed by atoms with Crippen LogP contribution in [0.2, 0.25) is 0 Å². The summed E-state index contributed by atoms with van der Waals surface area (Å²) >= 11 is 0. The second-order valence-corrected chi connectivity index (χ2v) is 5.52. The number of hydrogen-bond acceptors (Lipinski definition) is 5. The molecule has 0 fully saturated rings. The van der Waals surface area contributed by atoms with E-state index in [9.17, 15) is 14.9 Å². The van der Waals surface area contributed by atoms with Crippen LogP contribution in [0.15, 0.2) is 59.8 Å². The first-order valence-corrected chi connectivity index (χ1v) is 7.78. The number of aromatic nitrogens is 1. The van der Waals surface area contributed by atoms with Gasteiger partial charge in [-0.25, -0.2) is 5.43 Å². The third-order valence-corrected chi connectivity index (χ3v) is 3.74. The van der Waals surface area contributed by atoms with Crippen LogP contribution in [0.25, 0.3) is 10.9 Å². The largest absolute Gasteiger partial charge is 0.477 e. The maximum Gasteiger partial charge on any atom is 0.310 e. The Balaban J connectivity index is 1.61. The molecule has 0 bridgehead atoms. The van der Waals surface area contributed by atoms with Crippen molar-refractivity contribution in [3.63, 3.8) is 0 Å². The minimum absolute atomic E-state index is 0.0330. The van der Waals surface area contributed by atoms with Crippen molar-refractivity contribution >= 4 is 28.7 Å². The summed E-state index contributed by atoms with van der Waals surface area (Å²) in [5.41, 5.74) is 4.08. The van der Waals surface area contributed by atoms with Gasteiger partial charge in [-0.05, 0) is 12.1 Å². The monoisotopic (exact) mass is 352 g/mol. The van der Waals surface area contributed by atoms with Crippen molar-refractivity contribution in [3.05, 3.63) is 70.4 Å². The van der Waals surface area contributed by atoms with Crippen molar-refractivity contribution in [2.75, 3.05) is 6.61 Å². The Morgan fingerprint density at radius 3 is 2.81 bits per heavy atom. The van der Waals surface area contributed by atoms with Gasteiger partial charge in [0, 0.05) is 35.8 Å². The summed E-state index contributed by atoms with van der Waals surface area (Å²) in [5, 5.41) is 15.8. The highest BCUT2D eigenvalue weighted by Gasteiger charge is 2.14. The third-order valence-electron chi connectivity index (χ3n) is 3.74. The van der Waals surface area contributed by atoms with E-state index in [2.05, 4.69) is 10.5 Å². The van der Waals surface area contributed by atoms with Gasteiger partial charge in [-0.2, -0.15) is 5.10 Å². The molecule has 26 heavy (non-hydrogen) atoms. The first kappa shape index (κ1) is 17.2. The van der Waals surface area contributed by atoms with E-state index < -0.39 is 10.8 Å². The minimum Gasteiger partial charge on any atom is -0.477 e. The molecule has 1 aromatic heterocycles. The zero-order chi connectivity index (χ0) is 18.5. The summed E-state index contributed by atoms with van der Waals surface area (Å²) in [6, 6.07) is 13.7. The van der Waals surface area contributed by atoms with Crippen molar-refractivity contribution in [2.24, 2.45) is 12.1 Å². The molecule has 132 valence electrons. The molecular weight excluding hydrogens is 336 g/mol. The number of benzene rings is 2. The smallest absolute Gasteiger partial charge is 0.310 e. The Hall–Kier alpha value is -3.68. The number of nitro groups is 1. The first-order chi connectivity index (χ1) is 12.6. The zero-order valence-electron chi connectivity index (χ0n) is 14.0. The molecule has 1 N–H and O–H groups in total. The average molecular weight is 352 g/mol. The summed E-state index contributed by atoms with van der Waals surface area (Å²) in [7, 11) is 1.93. The number of nitrogens with zero attached hydrogens (tertiary/aromatic N) is 3. The van der Waals surface area contributed by atoms with Gasteiger partial charge in [-0.15, -0.1) is 0 Å². The molecule has 3 aromatic rings. The quantitative estimate of drug-likeness (QED) is 0.419. The second-order valence-electron chi connectivity index (χ2n) is 5.52. The van der Waals surface area contributed by atoms with E-state index in [0.717, 1.165) is 16.5 Å². The molecule has 3 rings (SSSR count). The SMILES string of the molecule is Cn1cc(C=NNC(=O)COc2ccccc2[N+](=O)[O-])c2ccccc21. The standard InChI is InChI=1S/C18H16N4O4/c1-21-11-13(14-6-2-3-7-15(14)21)10-19-20-18(23)12-26-17-9-5-4-8-16(17)22(24)25/h2-11H,12H2,1H3,(H,20,23). The molecule has 0 unspecified atom stereocenters. The number of ether oxygens (including phenoxy) is 1. The van der Waals surface area contributed by atoms with Crippen LogP contribution >= 0.6 is 0 Å². The number of hydrogen-bond donors (Lipinski definition) is 1. The summed E-state index contributed by atoms with van der Waals surface area (Å²) in [6.45, 7) is -0.377. The van der Waals surface area contributed by atoms with Crippen LogP contribution in [0.5, 0.6) is 5.75 Å². The van der Waals surface area contributed by atoms with Crippen molar-refractivity contribution in [3.8, 4) is 5.75 Å². The Kier molecular flexibility index (Phi) is 4.93. The predicted octanol–water partition coefficient (Wildman–Crippen LogP) is 2.62. The molecular formula is C18H16N4O4. The average Bonchev–Trinajstić information content (AvgIpc) is 2.96. The molecule has 0 saturated heterocycles. The third kappa shape index (κ3) is 3.69. The Labute approximate surface area is 148 Å².